The summed E-state index contributed by atoms with van der Waals surface area (Å²) in [6.45, 7) is 0. The molecular formula is C18H17N6OP. The van der Waals surface area contributed by atoms with Gasteiger partial charge in [-0.05, 0) is 0 Å². The molecule has 0 bridgehead atoms. The molecule has 0 fully saturated rings. The molecule has 130 valence electrons. The first-order chi connectivity index (χ1) is 12.9. The van der Waals surface area contributed by atoms with Crippen LogP contribution in [0.2, 0.25) is 0 Å². The third kappa shape index (κ3) is 2.18. The molecule has 0 saturated heterocycles. The van der Waals surface area contributed by atoms with Crippen molar-refractivity contribution in [3.05, 3.63) is 97.8 Å². The average molecular weight is 364 g/mol. The van der Waals surface area contributed by atoms with Crippen molar-refractivity contribution in [1.82, 2.24) is 28.2 Å². The second-order valence-electron chi connectivity index (χ2n) is 5.89. The van der Waals surface area contributed by atoms with E-state index < -0.39 is 7.94 Å². The summed E-state index contributed by atoms with van der Waals surface area (Å²) in [5.41, 5.74) is 1.62. The van der Waals surface area contributed by atoms with Gasteiger partial charge < -0.3 is 0 Å². The molecule has 0 amide bonds. The van der Waals surface area contributed by atoms with E-state index in [0.29, 0.717) is 0 Å². The molecule has 8 heteroatoms. The van der Waals surface area contributed by atoms with Crippen molar-refractivity contribution in [2.45, 2.75) is 0 Å². The number of nitrogens with zero attached hydrogens (tertiary/aromatic N) is 6. The summed E-state index contributed by atoms with van der Waals surface area (Å²) < 4.78 is 13.0. The fourth-order valence-electron chi connectivity index (χ4n) is 3.16. The summed E-state index contributed by atoms with van der Waals surface area (Å²) >= 11 is 0. The van der Waals surface area contributed by atoms with Gasteiger partial charge in [-0.1, -0.05) is 0 Å². The summed E-state index contributed by atoms with van der Waals surface area (Å²) in [6, 6.07) is 19.8. The molecule has 0 radical (unpaired) electrons. The molecule has 0 aliphatic carbocycles. The average Bonchev–Trinajstić information content (AvgIpc) is 3.49. The van der Waals surface area contributed by atoms with Gasteiger partial charge in [-0.25, -0.2) is 0 Å². The van der Waals surface area contributed by atoms with Crippen LogP contribution in [0.3, 0.4) is 0 Å². The Labute approximate surface area is 150 Å². The Bertz CT molecular complexity index is 1030. The van der Waals surface area contributed by atoms with Crippen molar-refractivity contribution in [3.8, 4) is 0 Å². The van der Waals surface area contributed by atoms with Crippen molar-refractivity contribution in [3.63, 3.8) is 0 Å². The van der Waals surface area contributed by atoms with Crippen LogP contribution in [-0.4, -0.2) is 28.2 Å². The van der Waals surface area contributed by atoms with Crippen molar-refractivity contribution in [1.29, 1.82) is 0 Å². The fraction of sp³-hybridized carbons (Fsp3) is 0. The number of para-hydroxylation sites is 1. The molecule has 0 saturated carbocycles. The topological polar surface area (TPSA) is 54.7 Å². The first-order valence-electron chi connectivity index (χ1n) is 8.28. The summed E-state index contributed by atoms with van der Waals surface area (Å²) in [7, 11) is -2.98. The Morgan fingerprint density at radius 3 is 1.69 bits per heavy atom. The van der Waals surface area contributed by atoms with E-state index in [1.165, 1.54) is 4.85 Å². The van der Waals surface area contributed by atoms with Gasteiger partial charge in [0.15, 0.2) is 0 Å². The zero-order chi connectivity index (χ0) is 17.4. The van der Waals surface area contributed by atoms with E-state index in [9.17, 15) is 0 Å². The van der Waals surface area contributed by atoms with E-state index in [2.05, 4.69) is 23.3 Å². The normalized spacial score (nSPS) is 12.5. The van der Waals surface area contributed by atoms with Gasteiger partial charge in [0, 0.05) is 0 Å². The Hall–Kier alpha value is -3.31. The minimum atomic E-state index is -2.98. The van der Waals surface area contributed by atoms with Gasteiger partial charge in [-0.2, -0.15) is 0 Å². The molecule has 4 heterocycles. The van der Waals surface area contributed by atoms with E-state index in [-0.39, 0.29) is 0 Å². The van der Waals surface area contributed by atoms with Crippen LogP contribution < -0.4 is 4.62 Å². The monoisotopic (exact) mass is 364 g/mol. The number of aromatic nitrogens is 6. The molecule has 5 aromatic rings. The van der Waals surface area contributed by atoms with Crippen LogP contribution in [0.4, 0.5) is 0 Å². The maximum absolute atomic E-state index is 6.66. The predicted molar refractivity (Wildman–Crippen MR) is 102 cm³/mol. The van der Waals surface area contributed by atoms with Crippen LogP contribution in [0.25, 0.3) is 11.0 Å². The number of rotatable bonds is 5. The number of hydrogen-bond donors (Lipinski definition) is 0. The number of fused-ring (bicyclic) bond motifs is 1. The van der Waals surface area contributed by atoms with Gasteiger partial charge in [0.1, 0.15) is 0 Å². The second kappa shape index (κ2) is 5.89. The van der Waals surface area contributed by atoms with E-state index in [0.717, 1.165) is 11.0 Å². The quantitative estimate of drug-likeness (QED) is 0.450. The molecule has 4 aromatic heterocycles. The van der Waals surface area contributed by atoms with E-state index >= 15 is 0 Å². The van der Waals surface area contributed by atoms with Crippen LogP contribution in [0.5, 0.6) is 0 Å². The molecule has 0 atom stereocenters. The van der Waals surface area contributed by atoms with Crippen LogP contribution in [0, 0.1) is 0 Å². The van der Waals surface area contributed by atoms with Gasteiger partial charge in [0.05, 0.1) is 0 Å². The Morgan fingerprint density at radius 1 is 0.654 bits per heavy atom. The SMILES string of the molecule is c1ccc2c(c1)nnn2O[PH](n1cccc1)(n1cccc1)n1cccc1. The van der Waals surface area contributed by atoms with Gasteiger partial charge in [-0.3, -0.25) is 0 Å². The Kier molecular flexibility index (Phi) is 3.40. The summed E-state index contributed by atoms with van der Waals surface area (Å²) in [4.78, 5) is 1.53. The van der Waals surface area contributed by atoms with Crippen molar-refractivity contribution in [2.75, 3.05) is 0 Å². The molecule has 26 heavy (non-hydrogen) atoms. The Morgan fingerprint density at radius 2 is 1.15 bits per heavy atom. The first kappa shape index (κ1) is 15.0. The van der Waals surface area contributed by atoms with Gasteiger partial charge >= 0.3 is 150 Å². The molecule has 5 rings (SSSR count). The number of benzene rings is 1. The first-order valence-corrected chi connectivity index (χ1v) is 10.0. The van der Waals surface area contributed by atoms with Gasteiger partial charge in [-0.15, -0.1) is 0 Å². The van der Waals surface area contributed by atoms with E-state index in [1.807, 2.05) is 97.8 Å². The zero-order valence-electron chi connectivity index (χ0n) is 13.8. The van der Waals surface area contributed by atoms with Gasteiger partial charge in [0.2, 0.25) is 0 Å². The van der Waals surface area contributed by atoms with Crippen molar-refractivity contribution < 1.29 is 4.62 Å². The summed E-state index contributed by atoms with van der Waals surface area (Å²) in [5, 5.41) is 8.48. The summed E-state index contributed by atoms with van der Waals surface area (Å²) in [5.74, 6) is 0. The Balaban J connectivity index is 1.76. The minimum absolute atomic E-state index is 0.794. The molecule has 7 nitrogen and oxygen atoms in total. The van der Waals surface area contributed by atoms with Crippen molar-refractivity contribution >= 4 is 19.0 Å². The zero-order valence-corrected chi connectivity index (χ0v) is 14.8. The van der Waals surface area contributed by atoms with Gasteiger partial charge in [0.25, 0.3) is 0 Å². The molecular weight excluding hydrogens is 347 g/mol. The molecule has 0 N–H and O–H groups in total. The van der Waals surface area contributed by atoms with Crippen molar-refractivity contribution in [2.24, 2.45) is 0 Å². The standard InChI is InChI=1S/C18H17N6OP/c1-2-10-18-17(9-1)19-20-24(18)25-26(21-11-3-4-12-21,22-13-5-6-14-22)23-15-7-8-16-23/h1-16,26H. The third-order valence-electron chi connectivity index (χ3n) is 4.35. The predicted octanol–water partition coefficient (Wildman–Crippen LogP) is 3.32. The molecule has 0 spiro atoms. The molecule has 0 aliphatic heterocycles. The van der Waals surface area contributed by atoms with E-state index in [1.54, 1.807) is 0 Å². The van der Waals surface area contributed by atoms with Crippen LogP contribution in [0.1, 0.15) is 0 Å². The fourth-order valence-corrected chi connectivity index (χ4v) is 6.29. The van der Waals surface area contributed by atoms with E-state index in [4.69, 9.17) is 4.62 Å². The third-order valence-corrected chi connectivity index (χ3v) is 7.68. The molecule has 0 unspecified atom stereocenters. The second-order valence-corrected chi connectivity index (χ2v) is 8.77. The van der Waals surface area contributed by atoms with Crippen LogP contribution in [0.15, 0.2) is 97.8 Å². The molecule has 0 aliphatic rings. The summed E-state index contributed by atoms with van der Waals surface area (Å²) in [6.07, 6.45) is 12.1. The maximum atomic E-state index is 6.66. The van der Waals surface area contributed by atoms with Crippen LogP contribution >= 0.6 is 7.94 Å². The molecule has 1 aromatic carbocycles. The number of hydrogen-bond acceptors (Lipinski definition) is 3. The van der Waals surface area contributed by atoms with Crippen LogP contribution in [-0.2, 0) is 0 Å².